The molecule has 3 atom stereocenters. The highest BCUT2D eigenvalue weighted by atomic mass is 16.5. The van der Waals surface area contributed by atoms with E-state index in [0.717, 1.165) is 24.8 Å². The van der Waals surface area contributed by atoms with Crippen LogP contribution in [0, 0.1) is 5.92 Å². The van der Waals surface area contributed by atoms with Gasteiger partial charge in [-0.15, -0.1) is 0 Å². The fourth-order valence-electron chi connectivity index (χ4n) is 5.43. The van der Waals surface area contributed by atoms with Crippen LogP contribution in [0.1, 0.15) is 70.9 Å². The second kappa shape index (κ2) is 7.42. The van der Waals surface area contributed by atoms with Crippen LogP contribution >= 0.6 is 0 Å². The van der Waals surface area contributed by atoms with E-state index in [4.69, 9.17) is 4.74 Å². The number of Topliss-reactive ketones (excluding diaryl/α,β-unsaturated/α-hetero) is 1. The standard InChI is InChI=1S/C25H28O4/c1-3-24(28)11-12-25(15-17-7-5-4-6-8-17)19(16-24)14-22(26)20-13-18(23(27)29-2)9-10-21(20)25/h4-10,13,19,28H,3,11-12,14-16H2,1-2H3/t19?,24-,25?/m1/s1. The van der Waals surface area contributed by atoms with E-state index in [9.17, 15) is 14.7 Å². The number of rotatable bonds is 4. The number of esters is 1. The molecule has 2 unspecified atom stereocenters. The molecule has 2 aromatic rings. The molecule has 29 heavy (non-hydrogen) atoms. The van der Waals surface area contributed by atoms with Gasteiger partial charge < -0.3 is 9.84 Å². The first-order valence-electron chi connectivity index (χ1n) is 10.4. The van der Waals surface area contributed by atoms with Crippen LogP contribution in [0.4, 0.5) is 0 Å². The first-order valence-corrected chi connectivity index (χ1v) is 10.4. The van der Waals surface area contributed by atoms with Crippen LogP contribution in [-0.4, -0.2) is 29.6 Å². The van der Waals surface area contributed by atoms with E-state index in [1.807, 2.05) is 31.2 Å². The molecule has 0 aromatic heterocycles. The number of hydrogen-bond acceptors (Lipinski definition) is 4. The number of carbonyl (C=O) groups is 2. The first-order chi connectivity index (χ1) is 13.9. The van der Waals surface area contributed by atoms with E-state index in [2.05, 4.69) is 12.1 Å². The van der Waals surface area contributed by atoms with Gasteiger partial charge in [-0.05, 0) is 61.3 Å². The van der Waals surface area contributed by atoms with Crippen LogP contribution in [0.3, 0.4) is 0 Å². The van der Waals surface area contributed by atoms with Crippen LogP contribution in [0.2, 0.25) is 0 Å². The lowest BCUT2D eigenvalue weighted by molar-refractivity contribution is -0.0503. The molecule has 0 aliphatic heterocycles. The zero-order valence-corrected chi connectivity index (χ0v) is 17.1. The van der Waals surface area contributed by atoms with Crippen LogP contribution in [0.5, 0.6) is 0 Å². The number of methoxy groups -OCH3 is 1. The highest BCUT2D eigenvalue weighted by Crippen LogP contribution is 2.54. The number of hydrogen-bond donors (Lipinski definition) is 1. The molecule has 0 radical (unpaired) electrons. The summed E-state index contributed by atoms with van der Waals surface area (Å²) in [7, 11) is 1.35. The van der Waals surface area contributed by atoms with Gasteiger partial charge in [0.25, 0.3) is 0 Å². The summed E-state index contributed by atoms with van der Waals surface area (Å²) in [5.41, 5.74) is 2.40. The van der Waals surface area contributed by atoms with Crippen molar-refractivity contribution in [3.8, 4) is 0 Å². The van der Waals surface area contributed by atoms with E-state index in [1.165, 1.54) is 12.7 Å². The van der Waals surface area contributed by atoms with Crippen molar-refractivity contribution in [1.82, 2.24) is 0 Å². The third-order valence-corrected chi connectivity index (χ3v) is 7.17. The molecule has 0 heterocycles. The van der Waals surface area contributed by atoms with Crippen LogP contribution in [0.25, 0.3) is 0 Å². The van der Waals surface area contributed by atoms with Crippen molar-refractivity contribution >= 4 is 11.8 Å². The predicted molar refractivity (Wildman–Crippen MR) is 111 cm³/mol. The summed E-state index contributed by atoms with van der Waals surface area (Å²) in [6.07, 6.45) is 4.13. The lowest BCUT2D eigenvalue weighted by Crippen LogP contribution is -2.52. The van der Waals surface area contributed by atoms with Gasteiger partial charge in [-0.1, -0.05) is 43.3 Å². The normalized spacial score (nSPS) is 28.4. The van der Waals surface area contributed by atoms with Crippen molar-refractivity contribution in [1.29, 1.82) is 0 Å². The van der Waals surface area contributed by atoms with Gasteiger partial charge in [0.05, 0.1) is 18.3 Å². The highest BCUT2D eigenvalue weighted by Gasteiger charge is 2.52. The zero-order chi connectivity index (χ0) is 20.6. The number of ether oxygens (including phenoxy) is 1. The van der Waals surface area contributed by atoms with Crippen molar-refractivity contribution in [3.05, 3.63) is 70.8 Å². The molecule has 4 nitrogen and oxygen atoms in total. The summed E-state index contributed by atoms with van der Waals surface area (Å²) in [6.45, 7) is 2.02. The maximum Gasteiger partial charge on any atom is 0.337 e. The molecule has 0 bridgehead atoms. The Bertz CT molecular complexity index is 935. The molecule has 1 N–H and O–H groups in total. The van der Waals surface area contributed by atoms with Crippen molar-refractivity contribution in [2.75, 3.05) is 7.11 Å². The molecule has 1 fully saturated rings. The Hall–Kier alpha value is -2.46. The summed E-state index contributed by atoms with van der Waals surface area (Å²) >= 11 is 0. The number of aliphatic hydroxyl groups is 1. The Morgan fingerprint density at radius 3 is 2.62 bits per heavy atom. The summed E-state index contributed by atoms with van der Waals surface area (Å²) in [5, 5.41) is 11.0. The molecule has 1 saturated carbocycles. The molecule has 0 saturated heterocycles. The summed E-state index contributed by atoms with van der Waals surface area (Å²) in [6, 6.07) is 15.8. The van der Waals surface area contributed by atoms with Crippen LogP contribution in [0.15, 0.2) is 48.5 Å². The SMILES string of the molecule is CC[C@@]1(O)CCC2(Cc3ccccc3)c3ccc(C(=O)OC)cc3C(=O)CC2C1. The van der Waals surface area contributed by atoms with Gasteiger partial charge in [-0.3, -0.25) is 4.79 Å². The highest BCUT2D eigenvalue weighted by molar-refractivity contribution is 6.02. The largest absolute Gasteiger partial charge is 0.465 e. The van der Waals surface area contributed by atoms with E-state index >= 15 is 0 Å². The monoisotopic (exact) mass is 392 g/mol. The van der Waals surface area contributed by atoms with E-state index in [1.54, 1.807) is 12.1 Å². The third kappa shape index (κ3) is 3.40. The average molecular weight is 392 g/mol. The Balaban J connectivity index is 1.84. The number of carbonyl (C=O) groups excluding carboxylic acids is 2. The third-order valence-electron chi connectivity index (χ3n) is 7.17. The maximum atomic E-state index is 13.1. The van der Waals surface area contributed by atoms with E-state index < -0.39 is 11.6 Å². The van der Waals surface area contributed by atoms with E-state index in [-0.39, 0.29) is 17.1 Å². The average Bonchev–Trinajstić information content (AvgIpc) is 2.75. The van der Waals surface area contributed by atoms with Gasteiger partial charge in [0, 0.05) is 17.4 Å². The topological polar surface area (TPSA) is 63.6 Å². The van der Waals surface area contributed by atoms with Crippen LogP contribution < -0.4 is 0 Å². The molecule has 4 heteroatoms. The van der Waals surface area contributed by atoms with Crippen molar-refractivity contribution in [2.24, 2.45) is 5.92 Å². The van der Waals surface area contributed by atoms with Crippen molar-refractivity contribution < 1.29 is 19.4 Å². The van der Waals surface area contributed by atoms with Gasteiger partial charge in [0.2, 0.25) is 0 Å². The molecule has 0 amide bonds. The Kier molecular flexibility index (Phi) is 5.07. The predicted octanol–water partition coefficient (Wildman–Crippen LogP) is 4.48. The lowest BCUT2D eigenvalue weighted by atomic mass is 9.52. The molecule has 0 spiro atoms. The van der Waals surface area contributed by atoms with Gasteiger partial charge in [-0.2, -0.15) is 0 Å². The summed E-state index contributed by atoms with van der Waals surface area (Å²) in [4.78, 5) is 25.1. The zero-order valence-electron chi connectivity index (χ0n) is 17.1. The van der Waals surface area contributed by atoms with Crippen molar-refractivity contribution in [3.63, 3.8) is 0 Å². The first kappa shape index (κ1) is 19.8. The second-order valence-corrected chi connectivity index (χ2v) is 8.68. The number of benzene rings is 2. The number of fused-ring (bicyclic) bond motifs is 3. The molecule has 2 aromatic carbocycles. The van der Waals surface area contributed by atoms with Crippen LogP contribution in [-0.2, 0) is 16.6 Å². The number of ketones is 1. The van der Waals surface area contributed by atoms with Gasteiger partial charge in [0.1, 0.15) is 0 Å². The fraction of sp³-hybridized carbons (Fsp3) is 0.440. The Morgan fingerprint density at radius 1 is 1.17 bits per heavy atom. The second-order valence-electron chi connectivity index (χ2n) is 8.68. The minimum atomic E-state index is -0.700. The maximum absolute atomic E-state index is 13.1. The minimum Gasteiger partial charge on any atom is -0.465 e. The minimum absolute atomic E-state index is 0.0554. The summed E-state index contributed by atoms with van der Waals surface area (Å²) < 4.78 is 4.85. The fourth-order valence-corrected chi connectivity index (χ4v) is 5.43. The Labute approximate surface area is 171 Å². The van der Waals surface area contributed by atoms with Gasteiger partial charge >= 0.3 is 5.97 Å². The molecular formula is C25H28O4. The molecular weight excluding hydrogens is 364 g/mol. The quantitative estimate of drug-likeness (QED) is 0.779. The summed E-state index contributed by atoms with van der Waals surface area (Å²) in [5.74, 6) is -0.283. The smallest absolute Gasteiger partial charge is 0.337 e. The molecule has 2 aliphatic rings. The van der Waals surface area contributed by atoms with Crippen molar-refractivity contribution in [2.45, 2.75) is 56.5 Å². The van der Waals surface area contributed by atoms with Gasteiger partial charge in [-0.25, -0.2) is 4.79 Å². The lowest BCUT2D eigenvalue weighted by Gasteiger charge is -2.53. The molecule has 152 valence electrons. The molecule has 4 rings (SSSR count). The van der Waals surface area contributed by atoms with E-state index in [0.29, 0.717) is 30.4 Å². The Morgan fingerprint density at radius 2 is 1.93 bits per heavy atom. The molecule has 2 aliphatic carbocycles. The van der Waals surface area contributed by atoms with Gasteiger partial charge in [0.15, 0.2) is 5.78 Å².